The van der Waals surface area contributed by atoms with Gasteiger partial charge in [0.15, 0.2) is 0 Å². The summed E-state index contributed by atoms with van der Waals surface area (Å²) >= 11 is 12.9. The van der Waals surface area contributed by atoms with Gasteiger partial charge in [0.1, 0.15) is 10.1 Å². The summed E-state index contributed by atoms with van der Waals surface area (Å²) < 4.78 is 52.3. The molecule has 0 amide bonds. The van der Waals surface area contributed by atoms with Crippen LogP contribution in [0.4, 0.5) is 35.2 Å². The summed E-state index contributed by atoms with van der Waals surface area (Å²) in [5.74, 6) is 0.926. The van der Waals surface area contributed by atoms with Gasteiger partial charge in [0.05, 0.1) is 43.4 Å². The van der Waals surface area contributed by atoms with Crippen molar-refractivity contribution in [1.82, 2.24) is 29.9 Å². The van der Waals surface area contributed by atoms with E-state index in [0.29, 0.717) is 92.7 Å². The topological polar surface area (TPSA) is 225 Å². The zero-order chi connectivity index (χ0) is 35.1. The van der Waals surface area contributed by atoms with E-state index in [1.54, 1.807) is 24.3 Å². The van der Waals surface area contributed by atoms with Crippen LogP contribution in [0.1, 0.15) is 11.1 Å². The number of hydrogen-bond donors (Lipinski definition) is 2. The second kappa shape index (κ2) is 20.1. The Morgan fingerprint density at radius 3 is 1.73 bits per heavy atom. The number of nitrogens with one attached hydrogen (secondary N) is 2. The van der Waals surface area contributed by atoms with Crippen molar-refractivity contribution in [2.75, 3.05) is 73.0 Å². The van der Waals surface area contributed by atoms with Crippen LogP contribution < -0.4 is 84.8 Å². The zero-order valence-electron chi connectivity index (χ0n) is 27.7. The Balaban J connectivity index is 0.00000302. The van der Waals surface area contributed by atoms with Crippen LogP contribution in [-0.4, -0.2) is 95.5 Å². The summed E-state index contributed by atoms with van der Waals surface area (Å²) in [7, 11) is -4.95. The molecule has 0 radical (unpaired) electrons. The van der Waals surface area contributed by atoms with Gasteiger partial charge in [-0.25, -0.2) is 8.42 Å². The normalized spacial score (nSPS) is 14.8. The Bertz CT molecular complexity index is 1980. The van der Waals surface area contributed by atoms with Crippen molar-refractivity contribution < 1.29 is 96.2 Å². The summed E-state index contributed by atoms with van der Waals surface area (Å²) in [5, 5.41) is 20.1. The number of morpholine rings is 2. The second-order valence-electron chi connectivity index (χ2n) is 10.4. The molecule has 2 aromatic carbocycles. The van der Waals surface area contributed by atoms with Gasteiger partial charge in [-0.15, -0.1) is 0 Å². The Morgan fingerprint density at radius 1 is 0.750 bits per heavy atom. The summed E-state index contributed by atoms with van der Waals surface area (Å²) in [6, 6.07) is 9.08. The van der Waals surface area contributed by atoms with Crippen molar-refractivity contribution in [1.29, 1.82) is 0 Å². The SMILES string of the molecule is O=S(=O)([O-])c1cc(Nc2nc(Cl)nc(N3CCOCC3)n2)ccc1/C=C/c1ccc(Nc2nc(Cl)nc(N3CCOCC3)n2)cc1SOO[O-].[Na+].[Na+]. The summed E-state index contributed by atoms with van der Waals surface area (Å²) in [5.41, 5.74) is 1.27. The van der Waals surface area contributed by atoms with Gasteiger partial charge in [0.25, 0.3) is 0 Å². The van der Waals surface area contributed by atoms with Gasteiger partial charge in [-0.1, -0.05) is 24.3 Å². The number of nitrogens with zero attached hydrogens (tertiary/aromatic N) is 8. The van der Waals surface area contributed by atoms with E-state index < -0.39 is 15.0 Å². The molecular weight excluding hydrogens is 785 g/mol. The van der Waals surface area contributed by atoms with E-state index in [-0.39, 0.29) is 92.8 Å². The number of anilines is 6. The summed E-state index contributed by atoms with van der Waals surface area (Å²) in [6.45, 7) is 4.34. The number of hydrogen-bond acceptors (Lipinski definition) is 19. The van der Waals surface area contributed by atoms with Gasteiger partial charge < -0.3 is 39.7 Å². The number of aromatic nitrogens is 6. The first-order chi connectivity index (χ1) is 24.1. The van der Waals surface area contributed by atoms with Crippen LogP contribution in [-0.2, 0) is 29.0 Å². The maximum atomic E-state index is 12.3. The zero-order valence-corrected chi connectivity index (χ0v) is 34.8. The molecule has 2 aromatic heterocycles. The van der Waals surface area contributed by atoms with Crippen molar-refractivity contribution in [3.63, 3.8) is 0 Å². The molecule has 0 unspecified atom stereocenters. The molecule has 6 rings (SSSR count). The summed E-state index contributed by atoms with van der Waals surface area (Å²) in [6.07, 6.45) is 2.96. The van der Waals surface area contributed by atoms with Crippen LogP contribution in [0.3, 0.4) is 0 Å². The van der Waals surface area contributed by atoms with Gasteiger partial charge in [0, 0.05) is 42.4 Å². The Hall–Kier alpha value is -1.96. The molecule has 0 spiro atoms. The molecule has 0 saturated carbocycles. The van der Waals surface area contributed by atoms with Gasteiger partial charge in [-0.05, 0) is 58.6 Å². The van der Waals surface area contributed by atoms with Gasteiger partial charge in [0.2, 0.25) is 34.4 Å². The minimum atomic E-state index is -4.95. The second-order valence-corrected chi connectivity index (χ2v) is 13.2. The predicted molar refractivity (Wildman–Crippen MR) is 180 cm³/mol. The van der Waals surface area contributed by atoms with Crippen molar-refractivity contribution in [2.45, 2.75) is 9.79 Å². The van der Waals surface area contributed by atoms with Crippen molar-refractivity contribution in [3.05, 3.63) is 58.1 Å². The minimum absolute atomic E-state index is 0. The van der Waals surface area contributed by atoms with Gasteiger partial charge in [-0.2, -0.15) is 34.2 Å². The Kier molecular flexibility index (Phi) is 16.5. The largest absolute Gasteiger partial charge is 1.00 e. The van der Waals surface area contributed by atoms with E-state index in [2.05, 4.69) is 49.9 Å². The molecule has 2 aliphatic rings. The van der Waals surface area contributed by atoms with Crippen molar-refractivity contribution in [2.24, 2.45) is 0 Å². The molecular formula is C28H26Cl2N10Na2O8S2. The first-order valence-electron chi connectivity index (χ1n) is 14.7. The van der Waals surface area contributed by atoms with Crippen LogP contribution in [0.2, 0.25) is 10.6 Å². The average Bonchev–Trinajstić information content (AvgIpc) is 3.10. The average molecular weight is 812 g/mol. The van der Waals surface area contributed by atoms with Crippen molar-refractivity contribution >= 4 is 92.7 Å². The summed E-state index contributed by atoms with van der Waals surface area (Å²) in [4.78, 5) is 29.0. The first-order valence-corrected chi connectivity index (χ1v) is 17.6. The van der Waals surface area contributed by atoms with Gasteiger partial charge >= 0.3 is 59.1 Å². The number of benzene rings is 2. The molecule has 2 aliphatic heterocycles. The maximum absolute atomic E-state index is 12.3. The maximum Gasteiger partial charge on any atom is 1.00 e. The molecule has 18 nitrogen and oxygen atoms in total. The molecule has 4 heterocycles. The standard InChI is InChI=1S/C28H28Cl2N10O8S2.2Na/c29-23-33-25(37-27(35-23)39-7-11-45-12-8-39)31-19-5-3-17(21(15-19)49-48-47-41)1-2-18-4-6-20(16-22(18)50(42,43)44)32-26-34-24(30)36-28(38-26)40-9-13-46-14-10-40;;/h1-6,15-16,41H,7-14H2,(H,42,43,44)(H,31,33,35,37)(H,32,34,36,38);;/q;2*+1/p-2/b2-1+;;. The molecule has 2 N–H and O–H groups in total. The molecule has 2 saturated heterocycles. The predicted octanol–water partition coefficient (Wildman–Crippen LogP) is -3.16. The van der Waals surface area contributed by atoms with Crippen LogP contribution in [0.15, 0.2) is 46.2 Å². The third-order valence-electron chi connectivity index (χ3n) is 7.18. The minimum Gasteiger partial charge on any atom is -0.744 e. The number of halogens is 2. The Morgan fingerprint density at radius 2 is 1.23 bits per heavy atom. The van der Waals surface area contributed by atoms with Crippen LogP contribution >= 0.6 is 35.2 Å². The van der Waals surface area contributed by atoms with E-state index in [0.717, 1.165) is 6.07 Å². The molecule has 264 valence electrons. The monoisotopic (exact) mass is 810 g/mol. The first kappa shape index (κ1) is 42.8. The molecule has 0 atom stereocenters. The van der Waals surface area contributed by atoms with Crippen LogP contribution in [0.25, 0.3) is 12.2 Å². The molecule has 2 fully saturated rings. The smallest absolute Gasteiger partial charge is 0.744 e. The van der Waals surface area contributed by atoms with E-state index in [1.807, 2.05) is 9.80 Å². The van der Waals surface area contributed by atoms with Gasteiger partial charge in [-0.3, -0.25) is 5.04 Å². The van der Waals surface area contributed by atoms with Crippen LogP contribution in [0.5, 0.6) is 0 Å². The van der Waals surface area contributed by atoms with E-state index in [9.17, 15) is 18.2 Å². The van der Waals surface area contributed by atoms with E-state index in [4.69, 9.17) is 32.7 Å². The molecule has 24 heteroatoms. The Labute approximate surface area is 356 Å². The fourth-order valence-corrected chi connectivity index (χ4v) is 6.39. The molecule has 0 bridgehead atoms. The fourth-order valence-electron chi connectivity index (χ4n) is 4.88. The van der Waals surface area contributed by atoms with E-state index in [1.165, 1.54) is 18.2 Å². The molecule has 0 aliphatic carbocycles. The number of rotatable bonds is 12. The molecule has 4 aromatic rings. The van der Waals surface area contributed by atoms with Crippen molar-refractivity contribution in [3.8, 4) is 0 Å². The third kappa shape index (κ3) is 11.8. The molecule has 52 heavy (non-hydrogen) atoms. The van der Waals surface area contributed by atoms with Crippen LogP contribution in [0, 0.1) is 0 Å². The quantitative estimate of drug-likeness (QED) is 0.0360. The fraction of sp³-hybridized carbons (Fsp3) is 0.286. The van der Waals surface area contributed by atoms with E-state index >= 15 is 0 Å². The third-order valence-corrected chi connectivity index (χ3v) is 9.07. The number of ether oxygens (including phenoxy) is 2.